The number of thioether (sulfide) groups is 1. The summed E-state index contributed by atoms with van der Waals surface area (Å²) in [5, 5.41) is 0.711. The first-order valence-electron chi connectivity index (χ1n) is 7.92. The van der Waals surface area contributed by atoms with E-state index in [1.54, 1.807) is 6.20 Å². The van der Waals surface area contributed by atoms with Gasteiger partial charge in [0, 0.05) is 35.5 Å². The van der Waals surface area contributed by atoms with Crippen molar-refractivity contribution in [2.24, 2.45) is 0 Å². The Hall–Kier alpha value is -1.60. The quantitative estimate of drug-likeness (QED) is 0.565. The SMILES string of the molecule is CSc1ncc2c(n1)N1CCC[C@H]1CN(c1cccc(Br)c1)C2=O. The molecule has 4 rings (SSSR count). The fourth-order valence-corrected chi connectivity index (χ4v) is 4.16. The van der Waals surface area contributed by atoms with Crippen LogP contribution in [0.15, 0.2) is 40.1 Å². The van der Waals surface area contributed by atoms with Crippen LogP contribution in [0.4, 0.5) is 11.5 Å². The van der Waals surface area contributed by atoms with E-state index in [1.807, 2.05) is 35.4 Å². The van der Waals surface area contributed by atoms with Gasteiger partial charge in [-0.1, -0.05) is 33.8 Å². The molecule has 3 heterocycles. The molecule has 2 aliphatic heterocycles. The molecule has 7 heteroatoms. The number of hydrogen-bond donors (Lipinski definition) is 0. The Morgan fingerprint density at radius 3 is 3.04 bits per heavy atom. The molecule has 1 atom stereocenters. The van der Waals surface area contributed by atoms with Crippen molar-refractivity contribution in [3.8, 4) is 0 Å². The number of halogens is 1. The molecule has 1 amide bonds. The van der Waals surface area contributed by atoms with Crippen LogP contribution in [0.5, 0.6) is 0 Å². The average Bonchev–Trinajstić information content (AvgIpc) is 3.02. The lowest BCUT2D eigenvalue weighted by Crippen LogP contribution is -2.39. The third-order valence-corrected chi connectivity index (χ3v) is 5.62. The summed E-state index contributed by atoms with van der Waals surface area (Å²) in [5.41, 5.74) is 1.50. The van der Waals surface area contributed by atoms with Crippen LogP contribution in [-0.4, -0.2) is 41.3 Å². The van der Waals surface area contributed by atoms with E-state index < -0.39 is 0 Å². The van der Waals surface area contributed by atoms with E-state index in [1.165, 1.54) is 11.8 Å². The molecule has 0 spiro atoms. The minimum Gasteiger partial charge on any atom is -0.351 e. The smallest absolute Gasteiger partial charge is 0.263 e. The van der Waals surface area contributed by atoms with Crippen molar-refractivity contribution in [1.29, 1.82) is 0 Å². The topological polar surface area (TPSA) is 49.3 Å². The highest BCUT2D eigenvalue weighted by molar-refractivity contribution is 9.10. The number of aromatic nitrogens is 2. The lowest BCUT2D eigenvalue weighted by Gasteiger charge is -2.27. The van der Waals surface area contributed by atoms with E-state index >= 15 is 0 Å². The lowest BCUT2D eigenvalue weighted by atomic mass is 10.2. The van der Waals surface area contributed by atoms with Crippen LogP contribution in [0.2, 0.25) is 0 Å². The predicted molar refractivity (Wildman–Crippen MR) is 100.0 cm³/mol. The van der Waals surface area contributed by atoms with Gasteiger partial charge in [0.2, 0.25) is 0 Å². The van der Waals surface area contributed by atoms with Crippen LogP contribution >= 0.6 is 27.7 Å². The normalized spacial score (nSPS) is 19.9. The van der Waals surface area contributed by atoms with Gasteiger partial charge >= 0.3 is 0 Å². The molecule has 2 aromatic rings. The van der Waals surface area contributed by atoms with Crippen LogP contribution in [0.25, 0.3) is 0 Å². The molecule has 0 saturated carbocycles. The maximum atomic E-state index is 13.2. The number of benzene rings is 1. The number of hydrogen-bond acceptors (Lipinski definition) is 5. The number of fused-ring (bicyclic) bond motifs is 3. The first kappa shape index (κ1) is 15.9. The zero-order valence-corrected chi connectivity index (χ0v) is 15.7. The summed E-state index contributed by atoms with van der Waals surface area (Å²) < 4.78 is 0.967. The summed E-state index contributed by atoms with van der Waals surface area (Å²) in [6, 6.07) is 8.19. The van der Waals surface area contributed by atoms with E-state index in [-0.39, 0.29) is 5.91 Å². The van der Waals surface area contributed by atoms with Crippen molar-refractivity contribution in [2.75, 3.05) is 29.1 Å². The number of carbonyl (C=O) groups is 1. The Labute approximate surface area is 153 Å². The standard InChI is InChI=1S/C17H17BrN4OS/c1-24-17-19-9-14-15(20-17)21-7-3-6-13(21)10-22(16(14)23)12-5-2-4-11(18)8-12/h2,4-5,8-9,13H,3,6-7,10H2,1H3/t13-/m0/s1. The van der Waals surface area contributed by atoms with Gasteiger partial charge in [0.1, 0.15) is 11.4 Å². The highest BCUT2D eigenvalue weighted by Crippen LogP contribution is 2.34. The Balaban J connectivity index is 1.83. The predicted octanol–water partition coefficient (Wildman–Crippen LogP) is 3.59. The molecule has 0 N–H and O–H groups in total. The third kappa shape index (κ3) is 2.69. The summed E-state index contributed by atoms with van der Waals surface area (Å²) in [6.45, 7) is 1.63. The van der Waals surface area contributed by atoms with E-state index in [0.717, 1.165) is 35.4 Å². The molecule has 1 fully saturated rings. The second kappa shape index (κ2) is 6.37. The van der Waals surface area contributed by atoms with Crippen molar-refractivity contribution < 1.29 is 4.79 Å². The minimum atomic E-state index is -0.0230. The molecule has 1 aromatic carbocycles. The fraction of sp³-hybridized carbons (Fsp3) is 0.353. The molecule has 2 aliphatic rings. The van der Waals surface area contributed by atoms with Crippen molar-refractivity contribution in [3.05, 3.63) is 40.5 Å². The molecular formula is C17H17BrN4OS. The molecule has 24 heavy (non-hydrogen) atoms. The van der Waals surface area contributed by atoms with Crippen LogP contribution < -0.4 is 9.80 Å². The van der Waals surface area contributed by atoms with Gasteiger partial charge < -0.3 is 9.80 Å². The van der Waals surface area contributed by atoms with Gasteiger partial charge in [-0.25, -0.2) is 9.97 Å². The van der Waals surface area contributed by atoms with Gasteiger partial charge in [-0.3, -0.25) is 4.79 Å². The Kier molecular flexibility index (Phi) is 4.22. The molecule has 0 bridgehead atoms. The van der Waals surface area contributed by atoms with Crippen LogP contribution in [0.3, 0.4) is 0 Å². The highest BCUT2D eigenvalue weighted by atomic mass is 79.9. The molecule has 0 unspecified atom stereocenters. The molecule has 0 radical (unpaired) electrons. The van der Waals surface area contributed by atoms with Crippen LogP contribution in [-0.2, 0) is 0 Å². The summed E-state index contributed by atoms with van der Waals surface area (Å²) in [4.78, 5) is 26.3. The minimum absolute atomic E-state index is 0.0230. The first-order chi connectivity index (χ1) is 11.7. The monoisotopic (exact) mass is 404 g/mol. The van der Waals surface area contributed by atoms with Crippen LogP contribution in [0, 0.1) is 0 Å². The van der Waals surface area contributed by atoms with Gasteiger partial charge in [-0.2, -0.15) is 0 Å². The first-order valence-corrected chi connectivity index (χ1v) is 9.94. The number of anilines is 2. The zero-order valence-electron chi connectivity index (χ0n) is 13.3. The van der Waals surface area contributed by atoms with E-state index in [4.69, 9.17) is 0 Å². The van der Waals surface area contributed by atoms with E-state index in [0.29, 0.717) is 23.3 Å². The van der Waals surface area contributed by atoms with E-state index in [2.05, 4.69) is 30.8 Å². The number of carbonyl (C=O) groups excluding carboxylic acids is 1. The van der Waals surface area contributed by atoms with Gasteiger partial charge in [-0.05, 0) is 37.3 Å². The number of nitrogens with zero attached hydrogens (tertiary/aromatic N) is 4. The molecule has 5 nitrogen and oxygen atoms in total. The maximum absolute atomic E-state index is 13.2. The third-order valence-electron chi connectivity index (χ3n) is 4.57. The zero-order chi connectivity index (χ0) is 16.7. The van der Waals surface area contributed by atoms with Gasteiger partial charge in [0.15, 0.2) is 5.16 Å². The van der Waals surface area contributed by atoms with Crippen molar-refractivity contribution in [2.45, 2.75) is 24.0 Å². The molecule has 1 saturated heterocycles. The maximum Gasteiger partial charge on any atom is 0.263 e. The second-order valence-corrected chi connectivity index (χ2v) is 7.67. The summed E-state index contributed by atoms with van der Waals surface area (Å²) in [7, 11) is 0. The Morgan fingerprint density at radius 1 is 1.38 bits per heavy atom. The van der Waals surface area contributed by atoms with Gasteiger partial charge in [0.05, 0.1) is 0 Å². The number of amides is 1. The van der Waals surface area contributed by atoms with Gasteiger partial charge in [0.25, 0.3) is 5.91 Å². The largest absolute Gasteiger partial charge is 0.351 e. The average molecular weight is 405 g/mol. The fourth-order valence-electron chi connectivity index (χ4n) is 3.44. The molecule has 0 aliphatic carbocycles. The lowest BCUT2D eigenvalue weighted by molar-refractivity contribution is 0.0988. The Morgan fingerprint density at radius 2 is 2.25 bits per heavy atom. The molecule has 124 valence electrons. The van der Waals surface area contributed by atoms with Crippen molar-refractivity contribution >= 4 is 45.1 Å². The van der Waals surface area contributed by atoms with Crippen molar-refractivity contribution in [3.63, 3.8) is 0 Å². The molecule has 1 aromatic heterocycles. The Bertz CT molecular complexity index is 800. The summed E-state index contributed by atoms with van der Waals surface area (Å²) in [6.07, 6.45) is 5.84. The highest BCUT2D eigenvalue weighted by Gasteiger charge is 2.37. The van der Waals surface area contributed by atoms with Crippen molar-refractivity contribution in [1.82, 2.24) is 9.97 Å². The molecular weight excluding hydrogens is 388 g/mol. The number of rotatable bonds is 2. The second-order valence-electron chi connectivity index (χ2n) is 5.98. The van der Waals surface area contributed by atoms with Crippen LogP contribution in [0.1, 0.15) is 23.2 Å². The van der Waals surface area contributed by atoms with Gasteiger partial charge in [-0.15, -0.1) is 0 Å². The summed E-state index contributed by atoms with van der Waals surface area (Å²) in [5.74, 6) is 0.768. The summed E-state index contributed by atoms with van der Waals surface area (Å²) >= 11 is 5.00. The van der Waals surface area contributed by atoms with E-state index in [9.17, 15) is 4.79 Å².